The Labute approximate surface area is 669 Å². The first-order chi connectivity index (χ1) is 54.4. The number of nitrogens with two attached hydrogens (primary N) is 6. The molecular weight excluding hydrogens is 1470 g/mol. The van der Waals surface area contributed by atoms with Crippen molar-refractivity contribution >= 4 is 96.1 Å². The van der Waals surface area contributed by atoms with Crippen LogP contribution < -0.4 is 104 Å². The van der Waals surface area contributed by atoms with E-state index in [1.165, 1.54) is 72.8 Å². The predicted octanol–water partition coefficient (Wildman–Crippen LogP) is -2.99. The second kappa shape index (κ2) is 55.4. The molecular formula is C77H127B2N17O18. The summed E-state index contributed by atoms with van der Waals surface area (Å²) in [6.45, 7) is 8.62. The molecule has 0 unspecified atom stereocenters. The Morgan fingerprint density at radius 2 is 0.588 bits per heavy atom. The molecule has 0 radical (unpaired) electrons. The lowest BCUT2D eigenvalue weighted by Crippen LogP contribution is -2.60. The molecule has 10 atom stereocenters. The number of carboxylic acid groups (broad SMARTS) is 1. The minimum Gasteiger partial charge on any atom is -0.508 e. The number of hydrogen-bond acceptors (Lipinski definition) is 23. The highest BCUT2D eigenvalue weighted by Crippen LogP contribution is 2.17. The second-order valence-electron chi connectivity index (χ2n) is 29.5. The van der Waals surface area contributed by atoms with Gasteiger partial charge in [0.15, 0.2) is 0 Å². The van der Waals surface area contributed by atoms with Crippen LogP contribution in [0.15, 0.2) is 72.8 Å². The van der Waals surface area contributed by atoms with Gasteiger partial charge in [0.25, 0.3) is 11.8 Å². The van der Waals surface area contributed by atoms with E-state index in [1.54, 1.807) is 27.7 Å². The monoisotopic (exact) mass is 1600 g/mol. The topological polar surface area (TPSA) is 615 Å². The van der Waals surface area contributed by atoms with Crippen molar-refractivity contribution in [3.8, 4) is 5.75 Å². The van der Waals surface area contributed by atoms with E-state index in [-0.39, 0.29) is 175 Å². The number of carboxylic acids is 1. The molecule has 0 aliphatic rings. The second-order valence-corrected chi connectivity index (χ2v) is 29.5. The fourth-order valence-corrected chi connectivity index (χ4v) is 12.3. The summed E-state index contributed by atoms with van der Waals surface area (Å²) in [7, 11) is -3.49. The summed E-state index contributed by atoms with van der Waals surface area (Å²) in [5, 5.41) is 88.3. The number of phenols is 1. The Bertz CT molecular complexity index is 3440. The molecule has 3 aromatic rings. The van der Waals surface area contributed by atoms with Gasteiger partial charge < -0.3 is 123 Å². The Hall–Kier alpha value is -9.17. The molecule has 11 amide bonds. The van der Waals surface area contributed by atoms with E-state index in [9.17, 15) is 78.3 Å². The third kappa shape index (κ3) is 38.8. The van der Waals surface area contributed by atoms with E-state index >= 15 is 9.59 Å². The molecule has 3 rings (SSSR count). The lowest BCUT2D eigenvalue weighted by Gasteiger charge is -2.29. The molecule has 0 aliphatic carbocycles. The number of rotatable bonds is 59. The standard InChI is InChI=1S/C77H127B2N17O18/c1-48(2)45-63(75(107)93-61(23-9-16-42-84)74(106)96-65(77(109)110)47-50-26-36-55(97)37-27-50)95-76(108)64(46-49(3)4)94-73(105)60(22-8-15-41-83)91-72(104)62(25-11-18-44-87-67(99)52-30-34-54(35-31-52)79(113)114)92-71(103)59(21-7-14-40-82)90-70(102)58(20-6-13-39-81)89-69(101)57(88-68(100)56(85)19-5-12-38-80)24-10-17-43-86-66(98)51-28-32-53(33-29-51)78(111)112/h26-37,48-49,56-65,97,111-114H,5-25,38-47,80-85H2,1-4H3,(H,86,98)(H,87,99)(H,88,100)(H,89,101)(H,90,102)(H,91,104)(H,92,103)(H,93,107)(H,94,105)(H,95,108)(H,96,106)(H,109,110)/t56-,57-,58-,59-,60-,61-,62-,63-,64-,65-/m0/s1. The van der Waals surface area contributed by atoms with E-state index in [2.05, 4.69) is 58.5 Å². The van der Waals surface area contributed by atoms with Crippen LogP contribution in [-0.2, 0) is 54.4 Å². The molecule has 29 N–H and O–H groups in total. The first-order valence-electron chi connectivity index (χ1n) is 39.8. The summed E-state index contributed by atoms with van der Waals surface area (Å²) >= 11 is 0. The van der Waals surface area contributed by atoms with E-state index in [0.717, 1.165) is 0 Å². The molecule has 0 aliphatic heterocycles. The highest BCUT2D eigenvalue weighted by molar-refractivity contribution is 6.59. The van der Waals surface area contributed by atoms with Crippen LogP contribution in [-0.4, -0.2) is 222 Å². The number of unbranched alkanes of at least 4 members (excludes halogenated alkanes) is 7. The number of carbonyl (C=O) groups is 12. The van der Waals surface area contributed by atoms with Crippen molar-refractivity contribution < 1.29 is 87.8 Å². The Kier molecular flexibility index (Phi) is 48.1. The Morgan fingerprint density at radius 1 is 0.333 bits per heavy atom. The van der Waals surface area contributed by atoms with Crippen LogP contribution in [0.5, 0.6) is 5.75 Å². The summed E-state index contributed by atoms with van der Waals surface area (Å²) in [4.78, 5) is 170. The van der Waals surface area contributed by atoms with Crippen LogP contribution in [0.1, 0.15) is 202 Å². The molecule has 35 nitrogen and oxygen atoms in total. The summed E-state index contributed by atoms with van der Waals surface area (Å²) in [6, 6.07) is 3.74. The van der Waals surface area contributed by atoms with E-state index < -0.39 is 146 Å². The maximum atomic E-state index is 15.1. The van der Waals surface area contributed by atoms with Gasteiger partial charge in [-0.1, -0.05) is 70.5 Å². The molecule has 0 heterocycles. The molecule has 0 spiro atoms. The normalized spacial score (nSPS) is 13.9. The maximum Gasteiger partial charge on any atom is 0.488 e. The van der Waals surface area contributed by atoms with Gasteiger partial charge in [0.1, 0.15) is 60.1 Å². The Morgan fingerprint density at radius 3 is 0.860 bits per heavy atom. The van der Waals surface area contributed by atoms with Crippen LogP contribution in [0.2, 0.25) is 0 Å². The highest BCUT2D eigenvalue weighted by Gasteiger charge is 2.37. The lowest BCUT2D eigenvalue weighted by molar-refractivity contribution is -0.142. The molecule has 0 fully saturated rings. The van der Waals surface area contributed by atoms with E-state index in [1.807, 2.05) is 0 Å². The molecule has 3 aromatic carbocycles. The molecule has 0 aromatic heterocycles. The van der Waals surface area contributed by atoms with Crippen LogP contribution in [0, 0.1) is 11.8 Å². The maximum absolute atomic E-state index is 15.1. The predicted molar refractivity (Wildman–Crippen MR) is 433 cm³/mol. The minimum atomic E-state index is -1.76. The quantitative estimate of drug-likeness (QED) is 0.0198. The van der Waals surface area contributed by atoms with E-state index in [0.29, 0.717) is 69.9 Å². The van der Waals surface area contributed by atoms with Crippen molar-refractivity contribution in [3.05, 3.63) is 89.5 Å². The number of phenolic OH excluding ortho intramolecular Hbond substituents is 1. The van der Waals surface area contributed by atoms with Gasteiger partial charge in [0.05, 0.1) is 6.04 Å². The summed E-state index contributed by atoms with van der Waals surface area (Å²) in [5.41, 5.74) is 36.8. The zero-order chi connectivity index (χ0) is 84.7. The number of nitrogens with one attached hydrogen (secondary N) is 11. The lowest BCUT2D eigenvalue weighted by atomic mass is 9.80. The van der Waals surface area contributed by atoms with E-state index in [4.69, 9.17) is 34.4 Å². The van der Waals surface area contributed by atoms with Crippen LogP contribution >= 0.6 is 0 Å². The molecule has 0 saturated heterocycles. The number of hydrogen-bond donors (Lipinski definition) is 23. The van der Waals surface area contributed by atoms with Crippen molar-refractivity contribution in [2.24, 2.45) is 46.2 Å². The average Bonchev–Trinajstić information content (AvgIpc) is 0.855. The van der Waals surface area contributed by atoms with Gasteiger partial charge in [-0.25, -0.2) is 4.79 Å². The minimum absolute atomic E-state index is 0.00882. The number of carbonyl (C=O) groups excluding carboxylic acids is 11. The number of aromatic hydroxyl groups is 1. The van der Waals surface area contributed by atoms with Gasteiger partial charge in [-0.15, -0.1) is 0 Å². The summed E-state index contributed by atoms with van der Waals surface area (Å²) in [6.07, 6.45) is 5.00. The smallest absolute Gasteiger partial charge is 0.488 e. The van der Waals surface area contributed by atoms with Gasteiger partial charge in [0.2, 0.25) is 53.2 Å². The van der Waals surface area contributed by atoms with Gasteiger partial charge in [-0.3, -0.25) is 52.7 Å². The number of amides is 11. The van der Waals surface area contributed by atoms with Gasteiger partial charge in [-0.2, -0.15) is 0 Å². The van der Waals surface area contributed by atoms with Gasteiger partial charge in [0, 0.05) is 30.6 Å². The third-order valence-electron chi connectivity index (χ3n) is 18.9. The van der Waals surface area contributed by atoms with Crippen molar-refractivity contribution in [2.75, 3.05) is 45.8 Å². The molecule has 0 saturated carbocycles. The van der Waals surface area contributed by atoms with Crippen LogP contribution in [0.3, 0.4) is 0 Å². The number of aliphatic carboxylic acids is 1. The van der Waals surface area contributed by atoms with Crippen LogP contribution in [0.25, 0.3) is 0 Å². The SMILES string of the molecule is CC(C)C[C@H](NC(=O)[C@H](CC(C)C)NC(=O)[C@H](CCCCN)NC(=O)[C@H](CCCCNC(=O)c1ccc(B(O)O)cc1)NC(=O)[C@H](CCCCN)NC(=O)[C@H](CCCCN)NC(=O)[C@H](CCCCNC(=O)c1ccc(B(O)O)cc1)NC(=O)[C@@H](N)CCCCN)C(=O)N[C@@H](CCCCN)C(=O)N[C@@H](Cc1ccc(O)cc1)C(=O)O. The number of benzene rings is 3. The first kappa shape index (κ1) is 99.0. The Balaban J connectivity index is 2.03. The molecule has 114 heavy (non-hydrogen) atoms. The van der Waals surface area contributed by atoms with Crippen LogP contribution in [0.4, 0.5) is 0 Å². The molecule has 634 valence electrons. The van der Waals surface area contributed by atoms with Crippen molar-refractivity contribution in [2.45, 2.75) is 242 Å². The van der Waals surface area contributed by atoms with Crippen molar-refractivity contribution in [1.29, 1.82) is 0 Å². The summed E-state index contributed by atoms with van der Waals surface area (Å²) in [5.74, 6) is -9.99. The highest BCUT2D eigenvalue weighted by atomic mass is 16.4. The largest absolute Gasteiger partial charge is 0.508 e. The van der Waals surface area contributed by atoms with Crippen molar-refractivity contribution in [1.82, 2.24) is 58.5 Å². The zero-order valence-electron chi connectivity index (χ0n) is 66.5. The van der Waals surface area contributed by atoms with Gasteiger partial charge >= 0.3 is 20.2 Å². The molecule has 37 heteroatoms. The first-order valence-corrected chi connectivity index (χ1v) is 39.8. The zero-order valence-corrected chi connectivity index (χ0v) is 66.5. The fourth-order valence-electron chi connectivity index (χ4n) is 12.3. The summed E-state index contributed by atoms with van der Waals surface area (Å²) < 4.78 is 0. The fraction of sp³-hybridized carbons (Fsp3) is 0.610. The third-order valence-corrected chi connectivity index (χ3v) is 18.9. The average molecular weight is 1600 g/mol. The van der Waals surface area contributed by atoms with Gasteiger partial charge in [-0.05, 0) is 239 Å². The van der Waals surface area contributed by atoms with Crippen molar-refractivity contribution in [3.63, 3.8) is 0 Å². The molecule has 0 bridgehead atoms.